The van der Waals surface area contributed by atoms with Crippen LogP contribution in [0.15, 0.2) is 29.1 Å². The van der Waals surface area contributed by atoms with E-state index in [-0.39, 0.29) is 18.0 Å². The molecule has 0 saturated carbocycles. The van der Waals surface area contributed by atoms with Crippen molar-refractivity contribution in [3.63, 3.8) is 0 Å². The van der Waals surface area contributed by atoms with Crippen LogP contribution in [-0.4, -0.2) is 41.8 Å². The average molecular weight is 377 g/mol. The molecule has 3 rings (SSSR count). The molecule has 0 spiro atoms. The quantitative estimate of drug-likeness (QED) is 0.883. The van der Waals surface area contributed by atoms with E-state index in [2.05, 4.69) is 10.3 Å². The van der Waals surface area contributed by atoms with Crippen molar-refractivity contribution in [3.8, 4) is 0 Å². The Morgan fingerprint density at radius 2 is 2.00 bits per heavy atom. The molecule has 26 heavy (non-hydrogen) atoms. The van der Waals surface area contributed by atoms with Crippen LogP contribution >= 0.6 is 11.6 Å². The number of amides is 1. The van der Waals surface area contributed by atoms with Crippen molar-refractivity contribution in [2.24, 2.45) is 0 Å². The predicted molar refractivity (Wildman–Crippen MR) is 101 cm³/mol. The highest BCUT2D eigenvalue weighted by Gasteiger charge is 2.19. The number of aromatic nitrogens is 2. The Kier molecular flexibility index (Phi) is 5.58. The predicted octanol–water partition coefficient (Wildman–Crippen LogP) is 1.99. The molecule has 1 N–H and O–H groups in total. The Hall–Kier alpha value is -2.38. The van der Waals surface area contributed by atoms with Gasteiger partial charge < -0.3 is 15.0 Å². The van der Waals surface area contributed by atoms with Crippen molar-refractivity contribution in [1.82, 2.24) is 9.55 Å². The Labute approximate surface area is 156 Å². The number of carbonyl (C=O) groups excluding carboxylic acids is 1. The zero-order valence-corrected chi connectivity index (χ0v) is 15.5. The van der Waals surface area contributed by atoms with Crippen LogP contribution in [0.4, 0.5) is 11.6 Å². The molecule has 2 aromatic rings. The van der Waals surface area contributed by atoms with Crippen molar-refractivity contribution < 1.29 is 9.53 Å². The molecule has 0 atom stereocenters. The van der Waals surface area contributed by atoms with Gasteiger partial charge in [-0.2, -0.15) is 0 Å². The summed E-state index contributed by atoms with van der Waals surface area (Å²) >= 11 is 6.09. The van der Waals surface area contributed by atoms with Gasteiger partial charge in [0.15, 0.2) is 0 Å². The molecule has 1 aliphatic heterocycles. The molecule has 1 saturated heterocycles. The summed E-state index contributed by atoms with van der Waals surface area (Å²) < 4.78 is 6.75. The molecule has 0 unspecified atom stereocenters. The summed E-state index contributed by atoms with van der Waals surface area (Å²) in [4.78, 5) is 31.4. The van der Waals surface area contributed by atoms with E-state index >= 15 is 0 Å². The first-order valence-electron chi connectivity index (χ1n) is 8.41. The van der Waals surface area contributed by atoms with Gasteiger partial charge in [-0.15, -0.1) is 0 Å². The topological polar surface area (TPSA) is 76.5 Å². The van der Waals surface area contributed by atoms with Crippen LogP contribution in [0, 0.1) is 13.8 Å². The number of anilines is 2. The normalized spacial score (nSPS) is 14.3. The van der Waals surface area contributed by atoms with Crippen molar-refractivity contribution >= 4 is 29.1 Å². The van der Waals surface area contributed by atoms with Gasteiger partial charge in [0.1, 0.15) is 6.54 Å². The van der Waals surface area contributed by atoms with Gasteiger partial charge in [0.2, 0.25) is 11.9 Å². The number of morpholine rings is 1. The third-order valence-corrected chi connectivity index (χ3v) is 4.57. The number of nitrogens with zero attached hydrogens (tertiary/aromatic N) is 3. The summed E-state index contributed by atoms with van der Waals surface area (Å²) in [5.41, 5.74) is 1.89. The van der Waals surface area contributed by atoms with Crippen LogP contribution < -0.4 is 15.8 Å². The standard InChI is InChI=1S/C18H21ClN4O3/c1-12-3-4-14(10-15(12)19)21-16(24)11-23-17(25)9-13(2)20-18(23)22-5-7-26-8-6-22/h3-4,9-10H,5-8,11H2,1-2H3,(H,21,24). The Balaban J connectivity index is 1.82. The van der Waals surface area contributed by atoms with Gasteiger partial charge in [-0.25, -0.2) is 4.98 Å². The SMILES string of the molecule is Cc1cc(=O)n(CC(=O)Nc2ccc(C)c(Cl)c2)c(N2CCOCC2)n1. The van der Waals surface area contributed by atoms with E-state index in [1.54, 1.807) is 19.1 Å². The lowest BCUT2D eigenvalue weighted by atomic mass is 10.2. The summed E-state index contributed by atoms with van der Waals surface area (Å²) in [5.74, 6) is 0.183. The maximum atomic E-state index is 12.5. The average Bonchev–Trinajstić information content (AvgIpc) is 2.61. The van der Waals surface area contributed by atoms with Crippen molar-refractivity contribution in [1.29, 1.82) is 0 Å². The number of aryl methyl sites for hydroxylation is 2. The molecular weight excluding hydrogens is 356 g/mol. The van der Waals surface area contributed by atoms with E-state index in [0.29, 0.717) is 48.7 Å². The number of benzene rings is 1. The largest absolute Gasteiger partial charge is 0.378 e. The first kappa shape index (κ1) is 18.4. The van der Waals surface area contributed by atoms with Crippen LogP contribution in [-0.2, 0) is 16.1 Å². The molecule has 0 aliphatic carbocycles. The van der Waals surface area contributed by atoms with Crippen molar-refractivity contribution in [2.45, 2.75) is 20.4 Å². The summed E-state index contributed by atoms with van der Waals surface area (Å²) in [6, 6.07) is 6.72. The zero-order valence-electron chi connectivity index (χ0n) is 14.8. The smallest absolute Gasteiger partial charge is 0.255 e. The van der Waals surface area contributed by atoms with Crippen LogP contribution in [0.5, 0.6) is 0 Å². The minimum Gasteiger partial charge on any atom is -0.378 e. The summed E-state index contributed by atoms with van der Waals surface area (Å²) in [5, 5.41) is 3.35. The molecule has 1 aromatic heterocycles. The van der Waals surface area contributed by atoms with Crippen molar-refractivity contribution in [3.05, 3.63) is 50.9 Å². The highest BCUT2D eigenvalue weighted by Crippen LogP contribution is 2.20. The molecule has 1 fully saturated rings. The third kappa shape index (κ3) is 4.23. The lowest BCUT2D eigenvalue weighted by Gasteiger charge is -2.29. The Bertz CT molecular complexity index is 875. The summed E-state index contributed by atoms with van der Waals surface area (Å²) in [7, 11) is 0. The fourth-order valence-corrected chi connectivity index (χ4v) is 2.95. The van der Waals surface area contributed by atoms with Gasteiger partial charge in [0.25, 0.3) is 5.56 Å². The van der Waals surface area contributed by atoms with Gasteiger partial charge in [-0.05, 0) is 31.5 Å². The van der Waals surface area contributed by atoms with Gasteiger partial charge >= 0.3 is 0 Å². The second-order valence-electron chi connectivity index (χ2n) is 6.23. The van der Waals surface area contributed by atoms with Crippen LogP contribution in [0.2, 0.25) is 5.02 Å². The van der Waals surface area contributed by atoms with Crippen LogP contribution in [0.1, 0.15) is 11.3 Å². The van der Waals surface area contributed by atoms with E-state index in [9.17, 15) is 9.59 Å². The molecule has 1 amide bonds. The number of halogens is 1. The van der Waals surface area contributed by atoms with Gasteiger partial charge in [-0.1, -0.05) is 17.7 Å². The molecular formula is C18H21ClN4O3. The number of hydrogen-bond donors (Lipinski definition) is 1. The van der Waals surface area contributed by atoms with Crippen LogP contribution in [0.3, 0.4) is 0 Å². The van der Waals surface area contributed by atoms with E-state index in [1.165, 1.54) is 10.6 Å². The maximum Gasteiger partial charge on any atom is 0.255 e. The van der Waals surface area contributed by atoms with Gasteiger partial charge in [0.05, 0.1) is 13.2 Å². The van der Waals surface area contributed by atoms with E-state index in [1.807, 2.05) is 17.9 Å². The molecule has 1 aliphatic rings. The minimum atomic E-state index is -0.313. The second kappa shape index (κ2) is 7.88. The highest BCUT2D eigenvalue weighted by molar-refractivity contribution is 6.31. The number of nitrogens with one attached hydrogen (secondary N) is 1. The number of carbonyl (C=O) groups is 1. The molecule has 1 aromatic carbocycles. The molecule has 0 radical (unpaired) electrons. The first-order chi connectivity index (χ1) is 12.4. The maximum absolute atomic E-state index is 12.5. The number of rotatable bonds is 4. The molecule has 7 nitrogen and oxygen atoms in total. The Morgan fingerprint density at radius 1 is 1.27 bits per heavy atom. The van der Waals surface area contributed by atoms with Crippen LogP contribution in [0.25, 0.3) is 0 Å². The minimum absolute atomic E-state index is 0.121. The lowest BCUT2D eigenvalue weighted by Crippen LogP contribution is -2.41. The van der Waals surface area contributed by atoms with E-state index < -0.39 is 0 Å². The lowest BCUT2D eigenvalue weighted by molar-refractivity contribution is -0.116. The Morgan fingerprint density at radius 3 is 2.69 bits per heavy atom. The van der Waals surface area contributed by atoms with E-state index in [4.69, 9.17) is 16.3 Å². The zero-order chi connectivity index (χ0) is 18.7. The highest BCUT2D eigenvalue weighted by atomic mass is 35.5. The first-order valence-corrected chi connectivity index (χ1v) is 8.79. The summed E-state index contributed by atoms with van der Waals surface area (Å²) in [6.07, 6.45) is 0. The monoisotopic (exact) mass is 376 g/mol. The van der Waals surface area contributed by atoms with Gasteiger partial charge in [0, 0.05) is 35.6 Å². The molecule has 0 bridgehead atoms. The third-order valence-electron chi connectivity index (χ3n) is 4.17. The molecule has 138 valence electrons. The van der Waals surface area contributed by atoms with Crippen molar-refractivity contribution in [2.75, 3.05) is 36.5 Å². The molecule has 8 heteroatoms. The molecule has 2 heterocycles. The van der Waals surface area contributed by atoms with Gasteiger partial charge in [-0.3, -0.25) is 14.2 Å². The fourth-order valence-electron chi connectivity index (χ4n) is 2.77. The number of hydrogen-bond acceptors (Lipinski definition) is 5. The summed E-state index contributed by atoms with van der Waals surface area (Å²) in [6.45, 7) is 5.93. The second-order valence-corrected chi connectivity index (χ2v) is 6.64. The van der Waals surface area contributed by atoms with E-state index in [0.717, 1.165) is 5.56 Å². The fraction of sp³-hybridized carbons (Fsp3) is 0.389. The number of ether oxygens (including phenoxy) is 1.